The summed E-state index contributed by atoms with van der Waals surface area (Å²) in [5.41, 5.74) is 3.19. The highest BCUT2D eigenvalue weighted by Crippen LogP contribution is 2.54. The molecule has 55 heavy (non-hydrogen) atoms. The van der Waals surface area contributed by atoms with E-state index in [4.69, 9.17) is 28.1 Å². The summed E-state index contributed by atoms with van der Waals surface area (Å²) < 4.78 is 34.7. The number of phenols is 1. The Morgan fingerprint density at radius 2 is 1.76 bits per heavy atom. The molecule has 0 spiro atoms. The highest BCUT2D eigenvalue weighted by Gasteiger charge is 2.58. The summed E-state index contributed by atoms with van der Waals surface area (Å²) in [4.78, 5) is 45.9. The van der Waals surface area contributed by atoms with Gasteiger partial charge in [0.2, 0.25) is 5.78 Å². The fourth-order valence-corrected chi connectivity index (χ4v) is 9.58. The molecule has 0 saturated carbocycles. The third-order valence-electron chi connectivity index (χ3n) is 12.1. The lowest BCUT2D eigenvalue weighted by molar-refractivity contribution is -0.123. The van der Waals surface area contributed by atoms with E-state index in [1.54, 1.807) is 26.0 Å². The van der Waals surface area contributed by atoms with Gasteiger partial charge in [0.1, 0.15) is 29.2 Å². The Kier molecular flexibility index (Phi) is 9.35. The van der Waals surface area contributed by atoms with Crippen LogP contribution in [0.3, 0.4) is 0 Å². The second-order valence-electron chi connectivity index (χ2n) is 14.8. The minimum Gasteiger partial charge on any atom is -0.504 e. The number of phenolic OH excluding ortho intramolecular Hbond substituents is 1. The van der Waals surface area contributed by atoms with E-state index >= 15 is 0 Å². The number of hydrogen-bond donors (Lipinski definition) is 2. The molecule has 0 unspecified atom stereocenters. The van der Waals surface area contributed by atoms with Gasteiger partial charge in [-0.25, -0.2) is 0 Å². The number of piperazine rings is 1. The number of rotatable bonds is 8. The van der Waals surface area contributed by atoms with Gasteiger partial charge in [-0.15, -0.1) is 0 Å². The predicted octanol–water partition coefficient (Wildman–Crippen LogP) is 4.07. The first-order chi connectivity index (χ1) is 26.5. The molecule has 14 nitrogen and oxygen atoms in total. The Morgan fingerprint density at radius 3 is 2.45 bits per heavy atom. The summed E-state index contributed by atoms with van der Waals surface area (Å²) in [5, 5.41) is 26.5. The van der Waals surface area contributed by atoms with Gasteiger partial charge in [-0.1, -0.05) is 0 Å². The molecule has 5 aliphatic rings. The normalized spacial score (nSPS) is 25.6. The van der Waals surface area contributed by atoms with E-state index in [9.17, 15) is 24.8 Å². The number of allylic oxidation sites excluding steroid dienone is 2. The predicted molar refractivity (Wildman–Crippen MR) is 197 cm³/mol. The minimum absolute atomic E-state index is 0.00786. The third-order valence-corrected chi connectivity index (χ3v) is 12.1. The number of furan rings is 1. The van der Waals surface area contributed by atoms with Crippen LogP contribution in [0.25, 0.3) is 11.0 Å². The van der Waals surface area contributed by atoms with Crippen molar-refractivity contribution in [2.75, 3.05) is 48.1 Å². The summed E-state index contributed by atoms with van der Waals surface area (Å²) in [5.74, 6) is 0.222. The Hall–Kier alpha value is -5.36. The van der Waals surface area contributed by atoms with E-state index in [0.29, 0.717) is 63.5 Å². The molecular weight excluding hydrogens is 708 g/mol. The molecule has 2 saturated heterocycles. The number of nitrogens with one attached hydrogen (secondary N) is 1. The number of Topliss-reactive ketones (excluding diaryl/α,β-unsaturated/α-hetero) is 2. The van der Waals surface area contributed by atoms with Gasteiger partial charge in [0, 0.05) is 70.3 Å². The molecule has 2 bridgehead atoms. The molecule has 1 aliphatic carbocycles. The molecule has 4 aliphatic heterocycles. The number of methoxy groups -OCH3 is 3. The summed E-state index contributed by atoms with van der Waals surface area (Å²) >= 11 is 0. The van der Waals surface area contributed by atoms with Crippen molar-refractivity contribution in [2.24, 2.45) is 0 Å². The number of nitriles is 1. The van der Waals surface area contributed by atoms with Crippen molar-refractivity contribution in [3.63, 3.8) is 0 Å². The van der Waals surface area contributed by atoms with E-state index in [2.05, 4.69) is 11.4 Å². The second-order valence-corrected chi connectivity index (χ2v) is 14.8. The molecule has 1 amide bonds. The van der Waals surface area contributed by atoms with Crippen LogP contribution in [-0.2, 0) is 25.5 Å². The van der Waals surface area contributed by atoms with Gasteiger partial charge in [-0.05, 0) is 58.0 Å². The van der Waals surface area contributed by atoms with Crippen molar-refractivity contribution in [2.45, 2.75) is 75.8 Å². The number of carbonyl (C=O) groups excluding carboxylic acids is 3. The van der Waals surface area contributed by atoms with Crippen LogP contribution >= 0.6 is 0 Å². The van der Waals surface area contributed by atoms with Crippen molar-refractivity contribution in [1.29, 1.82) is 5.26 Å². The van der Waals surface area contributed by atoms with Crippen molar-refractivity contribution in [3.8, 4) is 29.1 Å². The Bertz CT molecular complexity index is 2230. The maximum absolute atomic E-state index is 14.2. The first kappa shape index (κ1) is 36.6. The number of ether oxygens (including phenoxy) is 5. The van der Waals surface area contributed by atoms with E-state index in [1.165, 1.54) is 21.3 Å². The molecule has 2 aromatic carbocycles. The Balaban J connectivity index is 1.19. The van der Waals surface area contributed by atoms with Crippen LogP contribution in [0.2, 0.25) is 0 Å². The number of ketones is 2. The third kappa shape index (κ3) is 5.67. The highest BCUT2D eigenvalue weighted by molar-refractivity contribution is 6.25. The number of carbonyl (C=O) groups is 3. The van der Waals surface area contributed by atoms with Crippen LogP contribution in [0.5, 0.6) is 23.0 Å². The summed E-state index contributed by atoms with van der Waals surface area (Å²) in [6, 6.07) is 6.34. The van der Waals surface area contributed by atoms with Gasteiger partial charge >= 0.3 is 0 Å². The fourth-order valence-electron chi connectivity index (χ4n) is 9.58. The van der Waals surface area contributed by atoms with Crippen LogP contribution in [0, 0.1) is 18.3 Å². The molecule has 1 aromatic heterocycles. The number of amides is 1. The molecular formula is C41H44N4O10. The summed E-state index contributed by atoms with van der Waals surface area (Å²) in [6.07, 6.45) is 2.07. The summed E-state index contributed by atoms with van der Waals surface area (Å²) in [6.45, 7) is 4.63. The van der Waals surface area contributed by atoms with Gasteiger partial charge in [0.25, 0.3) is 5.91 Å². The molecule has 5 atom stereocenters. The number of nitrogens with zero attached hydrogens (tertiary/aromatic N) is 3. The second kappa shape index (κ2) is 14.1. The van der Waals surface area contributed by atoms with Crippen LogP contribution in [0.15, 0.2) is 51.2 Å². The number of aromatic hydroxyl groups is 1. The zero-order chi connectivity index (χ0) is 38.9. The fraction of sp³-hybridized carbons (Fsp3) is 0.463. The average Bonchev–Trinajstić information content (AvgIpc) is 3.61. The first-order valence-corrected chi connectivity index (χ1v) is 18.5. The topological polar surface area (TPSA) is 173 Å². The molecule has 2 N–H and O–H groups in total. The van der Waals surface area contributed by atoms with Crippen LogP contribution < -0.4 is 19.5 Å². The van der Waals surface area contributed by atoms with Gasteiger partial charge in [0.05, 0.1) is 52.7 Å². The van der Waals surface area contributed by atoms with E-state index in [0.717, 1.165) is 12.8 Å². The number of fused-ring (bicyclic) bond motifs is 7. The van der Waals surface area contributed by atoms with Crippen LogP contribution in [-0.4, -0.2) is 111 Å². The van der Waals surface area contributed by atoms with Gasteiger partial charge < -0.3 is 38.5 Å². The zero-order valence-corrected chi connectivity index (χ0v) is 31.7. The van der Waals surface area contributed by atoms with Crippen LogP contribution in [0.1, 0.15) is 59.5 Å². The lowest BCUT2D eigenvalue weighted by atomic mass is 9.68. The number of hydrogen-bond acceptors (Lipinski definition) is 13. The largest absolute Gasteiger partial charge is 0.504 e. The molecule has 14 heteroatoms. The van der Waals surface area contributed by atoms with E-state index in [1.807, 2.05) is 29.0 Å². The van der Waals surface area contributed by atoms with Gasteiger partial charge in [-0.2, -0.15) is 5.26 Å². The number of likely N-dealkylation sites (N-methyl/N-ethyl adjacent to an activating group) is 1. The van der Waals surface area contributed by atoms with Gasteiger partial charge in [-0.3, -0.25) is 24.2 Å². The van der Waals surface area contributed by atoms with Crippen molar-refractivity contribution in [1.82, 2.24) is 15.1 Å². The SMILES string of the molecule is COC1=C(C)C(=O)C2=C(C1=O)[C@@H]1[C@@H]3Cc4c(OC)c(C)c(OC)c(O)c4[C@H](CNC(=O)c4cc5cc(OC6CCOCC6)ccc5o4)N3[C@@H](C#N)[C@H](C2)N1C. The quantitative estimate of drug-likeness (QED) is 0.316. The lowest BCUT2D eigenvalue weighted by Crippen LogP contribution is -2.72. The Morgan fingerprint density at radius 1 is 1.02 bits per heavy atom. The smallest absolute Gasteiger partial charge is 0.287 e. The summed E-state index contributed by atoms with van der Waals surface area (Å²) in [7, 11) is 6.25. The molecule has 5 heterocycles. The lowest BCUT2D eigenvalue weighted by Gasteiger charge is -2.60. The maximum atomic E-state index is 14.2. The standard InChI is InChI=1S/C41H44N4O10/c1-19-35(46)24-15-26-28(17-42)45-27(34(44(26)3)33(24)37(48)39(19)51-5)16-25-32(36(47)40(52-6)20(2)38(25)50-4)29(45)18-43-41(49)31-14-21-13-23(7-8-30(21)55-31)54-22-9-11-53-12-10-22/h7-8,13-14,22,26-29,34,47H,9-12,15-16,18H2,1-6H3,(H,43,49)/t26-,27-,28-,29-,34-/m0/s1. The maximum Gasteiger partial charge on any atom is 0.287 e. The molecule has 8 rings (SSSR count). The van der Waals surface area contributed by atoms with Crippen molar-refractivity contribution < 1.29 is 47.6 Å². The number of benzene rings is 2. The van der Waals surface area contributed by atoms with E-state index in [-0.39, 0.29) is 65.6 Å². The molecule has 0 radical (unpaired) electrons. The molecule has 288 valence electrons. The van der Waals surface area contributed by atoms with Crippen molar-refractivity contribution >= 4 is 28.4 Å². The van der Waals surface area contributed by atoms with Crippen molar-refractivity contribution in [3.05, 3.63) is 69.2 Å². The van der Waals surface area contributed by atoms with E-state index < -0.39 is 36.1 Å². The highest BCUT2D eigenvalue weighted by atomic mass is 16.5. The Labute approximate surface area is 318 Å². The first-order valence-electron chi connectivity index (χ1n) is 18.5. The van der Waals surface area contributed by atoms with Crippen LogP contribution in [0.4, 0.5) is 0 Å². The molecule has 2 fully saturated rings. The zero-order valence-electron chi connectivity index (χ0n) is 31.7. The minimum atomic E-state index is -0.801. The monoisotopic (exact) mass is 752 g/mol. The molecule has 3 aromatic rings. The van der Waals surface area contributed by atoms with Gasteiger partial charge in [0.15, 0.2) is 28.8 Å². The average molecular weight is 753 g/mol.